The van der Waals surface area contributed by atoms with Crippen LogP contribution >= 0.6 is 0 Å². The van der Waals surface area contributed by atoms with E-state index in [9.17, 15) is 5.11 Å². The Labute approximate surface area is 96.7 Å². The van der Waals surface area contributed by atoms with Gasteiger partial charge in [-0.05, 0) is 19.8 Å². The van der Waals surface area contributed by atoms with Crippen molar-refractivity contribution < 1.29 is 19.7 Å². The quantitative estimate of drug-likeness (QED) is 0.469. The van der Waals surface area contributed by atoms with Gasteiger partial charge in [0.15, 0.2) is 0 Å². The Balaban J connectivity index is 1.85. The van der Waals surface area contributed by atoms with Gasteiger partial charge in [0.05, 0.1) is 32.0 Å². The Kier molecular flexibility index (Phi) is 6.91. The highest BCUT2D eigenvalue weighted by molar-refractivity contribution is 4.84. The summed E-state index contributed by atoms with van der Waals surface area (Å²) in [7, 11) is 0. The van der Waals surface area contributed by atoms with Gasteiger partial charge >= 0.3 is 0 Å². The number of aliphatic hydroxyl groups is 2. The fraction of sp³-hybridized carbons (Fsp3) is 1.00. The van der Waals surface area contributed by atoms with Gasteiger partial charge in [-0.15, -0.1) is 0 Å². The van der Waals surface area contributed by atoms with E-state index in [0.29, 0.717) is 39.0 Å². The molecule has 1 saturated carbocycles. The Morgan fingerprint density at radius 1 is 1.31 bits per heavy atom. The van der Waals surface area contributed by atoms with Crippen molar-refractivity contribution in [3.8, 4) is 0 Å². The van der Waals surface area contributed by atoms with E-state index in [4.69, 9.17) is 14.6 Å². The minimum Gasteiger partial charge on any atom is -0.393 e. The molecule has 1 aliphatic carbocycles. The van der Waals surface area contributed by atoms with E-state index in [2.05, 4.69) is 5.32 Å². The first-order valence-corrected chi connectivity index (χ1v) is 5.97. The number of aliphatic hydroxyl groups excluding tert-OH is 2. The first-order chi connectivity index (χ1) is 7.72. The highest BCUT2D eigenvalue weighted by Crippen LogP contribution is 2.18. The summed E-state index contributed by atoms with van der Waals surface area (Å²) < 4.78 is 10.3. The molecule has 96 valence electrons. The van der Waals surface area contributed by atoms with E-state index in [1.165, 1.54) is 0 Å². The van der Waals surface area contributed by atoms with E-state index < -0.39 is 6.10 Å². The van der Waals surface area contributed by atoms with E-state index in [-0.39, 0.29) is 6.10 Å². The standard InChI is InChI=1S/C11H23NO4/c1-2-15-3-4-16-8-11(14)7-12-9-5-10(13)6-9/h9-14H,2-8H2,1H3. The largest absolute Gasteiger partial charge is 0.393 e. The van der Waals surface area contributed by atoms with Gasteiger partial charge in [0, 0.05) is 19.2 Å². The molecular weight excluding hydrogens is 210 g/mol. The maximum atomic E-state index is 9.55. The van der Waals surface area contributed by atoms with Crippen LogP contribution in [-0.2, 0) is 9.47 Å². The van der Waals surface area contributed by atoms with Gasteiger partial charge in [-0.1, -0.05) is 0 Å². The van der Waals surface area contributed by atoms with Crippen LogP contribution in [0.5, 0.6) is 0 Å². The zero-order valence-corrected chi connectivity index (χ0v) is 9.89. The van der Waals surface area contributed by atoms with Crippen LogP contribution in [0.4, 0.5) is 0 Å². The van der Waals surface area contributed by atoms with Crippen LogP contribution in [0.3, 0.4) is 0 Å². The minimum absolute atomic E-state index is 0.155. The average molecular weight is 233 g/mol. The molecule has 0 aliphatic heterocycles. The smallest absolute Gasteiger partial charge is 0.0897 e. The van der Waals surface area contributed by atoms with Crippen LogP contribution in [-0.4, -0.2) is 61.4 Å². The van der Waals surface area contributed by atoms with Crippen molar-refractivity contribution in [3.63, 3.8) is 0 Å². The van der Waals surface area contributed by atoms with Gasteiger partial charge in [-0.25, -0.2) is 0 Å². The normalized spacial score (nSPS) is 26.4. The third-order valence-corrected chi connectivity index (χ3v) is 2.64. The first kappa shape index (κ1) is 13.9. The highest BCUT2D eigenvalue weighted by Gasteiger charge is 2.26. The van der Waals surface area contributed by atoms with Crippen molar-refractivity contribution >= 4 is 0 Å². The number of hydrogen-bond donors (Lipinski definition) is 3. The number of nitrogens with one attached hydrogen (secondary N) is 1. The number of ether oxygens (including phenoxy) is 2. The maximum Gasteiger partial charge on any atom is 0.0897 e. The van der Waals surface area contributed by atoms with Crippen molar-refractivity contribution in [3.05, 3.63) is 0 Å². The number of hydrogen-bond acceptors (Lipinski definition) is 5. The van der Waals surface area contributed by atoms with E-state index in [1.807, 2.05) is 6.92 Å². The second-order valence-electron chi connectivity index (χ2n) is 4.16. The van der Waals surface area contributed by atoms with Crippen molar-refractivity contribution in [1.82, 2.24) is 5.32 Å². The molecule has 0 amide bonds. The maximum absolute atomic E-state index is 9.55. The highest BCUT2D eigenvalue weighted by atomic mass is 16.5. The predicted octanol–water partition coefficient (Wildman–Crippen LogP) is -0.487. The van der Waals surface area contributed by atoms with Crippen molar-refractivity contribution in [2.45, 2.75) is 38.0 Å². The van der Waals surface area contributed by atoms with Gasteiger partial charge in [-0.2, -0.15) is 0 Å². The molecule has 0 heterocycles. The fourth-order valence-corrected chi connectivity index (χ4v) is 1.60. The summed E-state index contributed by atoms with van der Waals surface area (Å²) in [6.45, 7) is 4.57. The topological polar surface area (TPSA) is 71.0 Å². The molecule has 0 aromatic heterocycles. The SMILES string of the molecule is CCOCCOCC(O)CNC1CC(O)C1. The van der Waals surface area contributed by atoms with Gasteiger partial charge in [-0.3, -0.25) is 0 Å². The molecule has 5 nitrogen and oxygen atoms in total. The molecule has 0 aromatic rings. The van der Waals surface area contributed by atoms with E-state index in [0.717, 1.165) is 12.8 Å². The predicted molar refractivity (Wildman–Crippen MR) is 60.4 cm³/mol. The molecule has 1 rings (SSSR count). The lowest BCUT2D eigenvalue weighted by atomic mass is 9.89. The monoisotopic (exact) mass is 233 g/mol. The molecule has 0 radical (unpaired) electrons. The summed E-state index contributed by atoms with van der Waals surface area (Å²) in [6.07, 6.45) is 0.937. The molecule has 16 heavy (non-hydrogen) atoms. The Bertz CT molecular complexity index is 173. The first-order valence-electron chi connectivity index (χ1n) is 5.97. The minimum atomic E-state index is -0.487. The molecule has 0 saturated heterocycles. The van der Waals surface area contributed by atoms with Gasteiger partial charge in [0.2, 0.25) is 0 Å². The lowest BCUT2D eigenvalue weighted by Crippen LogP contribution is -2.47. The molecular formula is C11H23NO4. The van der Waals surface area contributed by atoms with Crippen LogP contribution in [0.15, 0.2) is 0 Å². The van der Waals surface area contributed by atoms with Crippen LogP contribution in [0.25, 0.3) is 0 Å². The van der Waals surface area contributed by atoms with Crippen molar-refractivity contribution in [2.75, 3.05) is 33.0 Å². The third-order valence-electron chi connectivity index (χ3n) is 2.64. The van der Waals surface area contributed by atoms with Crippen LogP contribution in [0.1, 0.15) is 19.8 Å². The molecule has 1 unspecified atom stereocenters. The molecule has 0 aromatic carbocycles. The summed E-state index contributed by atoms with van der Waals surface area (Å²) >= 11 is 0. The Morgan fingerprint density at radius 2 is 2.00 bits per heavy atom. The molecule has 1 aliphatic rings. The molecule has 0 spiro atoms. The van der Waals surface area contributed by atoms with Crippen molar-refractivity contribution in [1.29, 1.82) is 0 Å². The van der Waals surface area contributed by atoms with E-state index in [1.54, 1.807) is 0 Å². The van der Waals surface area contributed by atoms with Gasteiger partial charge < -0.3 is 25.0 Å². The van der Waals surface area contributed by atoms with Gasteiger partial charge in [0.25, 0.3) is 0 Å². The zero-order valence-electron chi connectivity index (χ0n) is 9.89. The summed E-state index contributed by atoms with van der Waals surface area (Å²) in [5.74, 6) is 0. The summed E-state index contributed by atoms with van der Waals surface area (Å²) in [4.78, 5) is 0. The molecule has 1 atom stereocenters. The summed E-state index contributed by atoms with van der Waals surface area (Å²) in [6, 6.07) is 0.355. The van der Waals surface area contributed by atoms with Crippen LogP contribution in [0.2, 0.25) is 0 Å². The molecule has 0 bridgehead atoms. The summed E-state index contributed by atoms with van der Waals surface area (Å²) in [5.41, 5.74) is 0. The number of rotatable bonds is 9. The molecule has 1 fully saturated rings. The lowest BCUT2D eigenvalue weighted by molar-refractivity contribution is 0.000777. The fourth-order valence-electron chi connectivity index (χ4n) is 1.60. The second kappa shape index (κ2) is 7.97. The lowest BCUT2D eigenvalue weighted by Gasteiger charge is -2.32. The van der Waals surface area contributed by atoms with Gasteiger partial charge in [0.1, 0.15) is 0 Å². The molecule has 3 N–H and O–H groups in total. The van der Waals surface area contributed by atoms with E-state index >= 15 is 0 Å². The Morgan fingerprint density at radius 3 is 2.62 bits per heavy atom. The molecule has 5 heteroatoms. The second-order valence-corrected chi connectivity index (χ2v) is 4.16. The van der Waals surface area contributed by atoms with Crippen LogP contribution in [0, 0.1) is 0 Å². The Hall–Kier alpha value is -0.200. The third kappa shape index (κ3) is 5.77. The average Bonchev–Trinajstić information content (AvgIpc) is 2.22. The van der Waals surface area contributed by atoms with Crippen LogP contribution < -0.4 is 5.32 Å². The van der Waals surface area contributed by atoms with Crippen molar-refractivity contribution in [2.24, 2.45) is 0 Å². The summed E-state index contributed by atoms with van der Waals surface area (Å²) in [5, 5.41) is 21.8. The zero-order chi connectivity index (χ0) is 11.8.